The lowest BCUT2D eigenvalue weighted by atomic mass is 9.98. The van der Waals surface area contributed by atoms with Crippen molar-refractivity contribution in [2.24, 2.45) is 4.99 Å². The van der Waals surface area contributed by atoms with Crippen LogP contribution in [-0.2, 0) is 0 Å². The van der Waals surface area contributed by atoms with Gasteiger partial charge in [-0.3, -0.25) is 4.99 Å². The van der Waals surface area contributed by atoms with E-state index in [2.05, 4.69) is 50.7 Å². The molecule has 0 bridgehead atoms. The van der Waals surface area contributed by atoms with Crippen LogP contribution in [0.2, 0.25) is 0 Å². The molecule has 0 saturated heterocycles. The Morgan fingerprint density at radius 1 is 1.20 bits per heavy atom. The van der Waals surface area contributed by atoms with Gasteiger partial charge in [0.25, 0.3) is 0 Å². The molecule has 0 heterocycles. The van der Waals surface area contributed by atoms with Crippen LogP contribution < -0.4 is 4.74 Å². The maximum Gasteiger partial charge on any atom is 0.167 e. The summed E-state index contributed by atoms with van der Waals surface area (Å²) in [5.74, 6) is 0.846. The van der Waals surface area contributed by atoms with Gasteiger partial charge in [0.15, 0.2) is 11.5 Å². The smallest absolute Gasteiger partial charge is 0.167 e. The summed E-state index contributed by atoms with van der Waals surface area (Å²) in [5, 5.41) is 20.5. The van der Waals surface area contributed by atoms with Crippen LogP contribution in [0.5, 0.6) is 17.2 Å². The first-order valence-corrected chi connectivity index (χ1v) is 9.68. The van der Waals surface area contributed by atoms with Crippen LogP contribution in [0, 0.1) is 0 Å². The van der Waals surface area contributed by atoms with Gasteiger partial charge in [-0.15, -0.1) is 0 Å². The molecule has 1 atom stereocenters. The first-order valence-electron chi connectivity index (χ1n) is 8.09. The minimum Gasteiger partial charge on any atom is -0.506 e. The highest BCUT2D eigenvalue weighted by Gasteiger charge is 2.15. The Morgan fingerprint density at radius 2 is 1.92 bits per heavy atom. The van der Waals surface area contributed by atoms with E-state index < -0.39 is 0 Å². The Balaban J connectivity index is 2.46. The Labute approximate surface area is 164 Å². The standard InChI is InChI=1S/C19H21Br2NO3/c1-4-11(3)12-6-7-16(23)15(8-12)22-10-13-18(21)14(20)9-17(19(13)24)25-5-2/h6-11,23-24H,4-5H2,1-3H3. The molecule has 0 aromatic heterocycles. The number of halogens is 2. The highest BCUT2D eigenvalue weighted by Crippen LogP contribution is 2.40. The average molecular weight is 471 g/mol. The van der Waals surface area contributed by atoms with Gasteiger partial charge in [-0.2, -0.15) is 0 Å². The van der Waals surface area contributed by atoms with Gasteiger partial charge in [0, 0.05) is 15.2 Å². The van der Waals surface area contributed by atoms with Crippen LogP contribution in [0.25, 0.3) is 0 Å². The second kappa shape index (κ2) is 8.72. The summed E-state index contributed by atoms with van der Waals surface area (Å²) < 4.78 is 6.85. The van der Waals surface area contributed by atoms with Crippen molar-refractivity contribution >= 4 is 43.8 Å². The zero-order chi connectivity index (χ0) is 18.6. The largest absolute Gasteiger partial charge is 0.506 e. The predicted molar refractivity (Wildman–Crippen MR) is 109 cm³/mol. The van der Waals surface area contributed by atoms with Crippen molar-refractivity contribution in [2.45, 2.75) is 33.1 Å². The van der Waals surface area contributed by atoms with E-state index in [4.69, 9.17) is 4.74 Å². The van der Waals surface area contributed by atoms with E-state index >= 15 is 0 Å². The predicted octanol–water partition coefficient (Wildman–Crippen LogP) is 6.29. The molecule has 6 heteroatoms. The molecule has 2 N–H and O–H groups in total. The fourth-order valence-corrected chi connectivity index (χ4v) is 3.14. The Kier molecular flexibility index (Phi) is 6.90. The van der Waals surface area contributed by atoms with Crippen molar-refractivity contribution in [1.82, 2.24) is 0 Å². The quantitative estimate of drug-likeness (QED) is 0.488. The molecule has 4 nitrogen and oxygen atoms in total. The minimum absolute atomic E-state index is 0.00162. The molecule has 0 aliphatic carbocycles. The molecule has 2 rings (SSSR count). The Morgan fingerprint density at radius 3 is 2.56 bits per heavy atom. The van der Waals surface area contributed by atoms with E-state index in [0.717, 1.165) is 16.5 Å². The third-order valence-corrected chi connectivity index (χ3v) is 6.02. The third kappa shape index (κ3) is 4.55. The molecule has 0 radical (unpaired) electrons. The number of ether oxygens (including phenoxy) is 1. The molecule has 134 valence electrons. The van der Waals surface area contributed by atoms with Crippen molar-refractivity contribution in [3.8, 4) is 17.2 Å². The SMILES string of the molecule is CCOc1cc(Br)c(Br)c(C=Nc2cc(C(C)CC)ccc2O)c1O. The molecular formula is C19H21Br2NO3. The zero-order valence-electron chi connectivity index (χ0n) is 14.4. The normalized spacial score (nSPS) is 12.5. The monoisotopic (exact) mass is 469 g/mol. The molecule has 0 fully saturated rings. The fraction of sp³-hybridized carbons (Fsp3) is 0.316. The second-order valence-corrected chi connectivity index (χ2v) is 7.33. The van der Waals surface area contributed by atoms with Crippen molar-refractivity contribution in [1.29, 1.82) is 0 Å². The van der Waals surface area contributed by atoms with Gasteiger partial charge in [-0.1, -0.05) is 19.9 Å². The van der Waals surface area contributed by atoms with Crippen molar-refractivity contribution in [2.75, 3.05) is 6.61 Å². The molecule has 0 amide bonds. The van der Waals surface area contributed by atoms with Crippen LogP contribution in [0.4, 0.5) is 5.69 Å². The first-order chi connectivity index (χ1) is 11.9. The maximum atomic E-state index is 10.4. The van der Waals surface area contributed by atoms with Crippen molar-refractivity contribution < 1.29 is 14.9 Å². The minimum atomic E-state index is -0.00162. The van der Waals surface area contributed by atoms with E-state index in [-0.39, 0.29) is 11.5 Å². The average Bonchev–Trinajstić information content (AvgIpc) is 2.60. The van der Waals surface area contributed by atoms with Crippen LogP contribution in [0.3, 0.4) is 0 Å². The molecule has 1 unspecified atom stereocenters. The Hall–Kier alpha value is -1.53. The van der Waals surface area contributed by atoms with E-state index in [0.29, 0.717) is 34.0 Å². The van der Waals surface area contributed by atoms with E-state index in [9.17, 15) is 10.2 Å². The number of hydrogen-bond donors (Lipinski definition) is 2. The number of aliphatic imine (C=N–C) groups is 1. The maximum absolute atomic E-state index is 10.4. The van der Waals surface area contributed by atoms with E-state index in [1.54, 1.807) is 12.1 Å². The molecular weight excluding hydrogens is 450 g/mol. The number of hydrogen-bond acceptors (Lipinski definition) is 4. The molecule has 0 saturated carbocycles. The lowest BCUT2D eigenvalue weighted by molar-refractivity contribution is 0.317. The van der Waals surface area contributed by atoms with Gasteiger partial charge in [-0.05, 0) is 74.9 Å². The van der Waals surface area contributed by atoms with Crippen molar-refractivity contribution in [3.05, 3.63) is 44.3 Å². The number of benzene rings is 2. The topological polar surface area (TPSA) is 62.0 Å². The van der Waals surface area contributed by atoms with Crippen LogP contribution in [0.1, 0.15) is 44.2 Å². The Bertz CT molecular complexity index is 791. The number of phenols is 2. The zero-order valence-corrected chi connectivity index (χ0v) is 17.6. The summed E-state index contributed by atoms with van der Waals surface area (Å²) in [4.78, 5) is 4.38. The summed E-state index contributed by atoms with van der Waals surface area (Å²) in [6.45, 7) is 6.54. The summed E-state index contributed by atoms with van der Waals surface area (Å²) in [6.07, 6.45) is 2.52. The molecule has 25 heavy (non-hydrogen) atoms. The highest BCUT2D eigenvalue weighted by atomic mass is 79.9. The lowest BCUT2D eigenvalue weighted by Crippen LogP contribution is -1.96. The first kappa shape index (κ1) is 19.8. The lowest BCUT2D eigenvalue weighted by Gasteiger charge is -2.12. The summed E-state index contributed by atoms with van der Waals surface area (Å²) in [6, 6.07) is 7.12. The molecule has 0 spiro atoms. The molecule has 0 aliphatic rings. The fourth-order valence-electron chi connectivity index (χ4n) is 2.32. The molecule has 2 aromatic carbocycles. The van der Waals surface area contributed by atoms with Gasteiger partial charge in [0.2, 0.25) is 0 Å². The summed E-state index contributed by atoms with van der Waals surface area (Å²) in [5.41, 5.74) is 2.05. The van der Waals surface area contributed by atoms with Gasteiger partial charge in [0.1, 0.15) is 11.4 Å². The summed E-state index contributed by atoms with van der Waals surface area (Å²) >= 11 is 6.87. The van der Waals surface area contributed by atoms with Crippen LogP contribution >= 0.6 is 31.9 Å². The third-order valence-electron chi connectivity index (χ3n) is 4.01. The molecule has 0 aliphatic heterocycles. The number of aromatic hydroxyl groups is 2. The van der Waals surface area contributed by atoms with Gasteiger partial charge < -0.3 is 14.9 Å². The highest BCUT2D eigenvalue weighted by molar-refractivity contribution is 9.13. The van der Waals surface area contributed by atoms with E-state index in [1.807, 2.05) is 19.1 Å². The summed E-state index contributed by atoms with van der Waals surface area (Å²) in [7, 11) is 0. The van der Waals surface area contributed by atoms with Gasteiger partial charge >= 0.3 is 0 Å². The van der Waals surface area contributed by atoms with Gasteiger partial charge in [-0.25, -0.2) is 0 Å². The number of phenolic OH excluding ortho intramolecular Hbond substituents is 2. The number of rotatable bonds is 6. The van der Waals surface area contributed by atoms with Crippen LogP contribution in [0.15, 0.2) is 38.2 Å². The number of nitrogens with zero attached hydrogens (tertiary/aromatic N) is 1. The second-order valence-electron chi connectivity index (χ2n) is 5.68. The van der Waals surface area contributed by atoms with Gasteiger partial charge in [0.05, 0.1) is 12.2 Å². The van der Waals surface area contributed by atoms with Crippen molar-refractivity contribution in [3.63, 3.8) is 0 Å². The van der Waals surface area contributed by atoms with Crippen LogP contribution in [-0.4, -0.2) is 23.0 Å². The van der Waals surface area contributed by atoms with E-state index in [1.165, 1.54) is 6.21 Å². The molecule has 2 aromatic rings.